The fourth-order valence-corrected chi connectivity index (χ4v) is 1.63. The van der Waals surface area contributed by atoms with Crippen molar-refractivity contribution >= 4 is 5.82 Å². The van der Waals surface area contributed by atoms with Crippen molar-refractivity contribution in [3.05, 3.63) is 24.3 Å². The molecule has 0 spiro atoms. The molecule has 0 amide bonds. The van der Waals surface area contributed by atoms with Crippen molar-refractivity contribution in [2.45, 2.75) is 20.5 Å². The molecular formula is C13H19N5O2. The third kappa shape index (κ3) is 3.92. The number of aromatic nitrogens is 4. The Labute approximate surface area is 118 Å². The number of nitrogens with zero attached hydrogens (tertiary/aromatic N) is 4. The van der Waals surface area contributed by atoms with E-state index in [4.69, 9.17) is 9.47 Å². The maximum Gasteiger partial charge on any atom is 0.224 e. The van der Waals surface area contributed by atoms with E-state index in [-0.39, 0.29) is 0 Å². The number of hydrogen-bond acceptors (Lipinski definition) is 6. The molecule has 20 heavy (non-hydrogen) atoms. The van der Waals surface area contributed by atoms with E-state index in [0.717, 1.165) is 12.4 Å². The summed E-state index contributed by atoms with van der Waals surface area (Å²) in [7, 11) is 1.83. The SMILES string of the molecule is CCNc1cc(Oc2cnn(C)c2)nc(COCC)n1. The Morgan fingerprint density at radius 1 is 1.30 bits per heavy atom. The van der Waals surface area contributed by atoms with Gasteiger partial charge in [-0.25, -0.2) is 4.98 Å². The van der Waals surface area contributed by atoms with Crippen LogP contribution < -0.4 is 10.1 Å². The Hall–Kier alpha value is -2.15. The van der Waals surface area contributed by atoms with Crippen molar-refractivity contribution in [2.75, 3.05) is 18.5 Å². The van der Waals surface area contributed by atoms with Crippen LogP contribution in [0.4, 0.5) is 5.82 Å². The van der Waals surface area contributed by atoms with E-state index < -0.39 is 0 Å². The van der Waals surface area contributed by atoms with Crippen LogP contribution in [-0.4, -0.2) is 32.9 Å². The number of hydrogen-bond donors (Lipinski definition) is 1. The van der Waals surface area contributed by atoms with Crippen LogP contribution in [0.25, 0.3) is 0 Å². The molecule has 0 atom stereocenters. The molecule has 7 nitrogen and oxygen atoms in total. The summed E-state index contributed by atoms with van der Waals surface area (Å²) < 4.78 is 12.7. The monoisotopic (exact) mass is 277 g/mol. The number of ether oxygens (including phenoxy) is 2. The van der Waals surface area contributed by atoms with Gasteiger partial charge >= 0.3 is 0 Å². The normalized spacial score (nSPS) is 10.6. The number of anilines is 1. The lowest BCUT2D eigenvalue weighted by atomic mass is 10.5. The molecule has 1 N–H and O–H groups in total. The van der Waals surface area contributed by atoms with Crippen molar-refractivity contribution in [3.8, 4) is 11.6 Å². The molecule has 2 aromatic rings. The van der Waals surface area contributed by atoms with Gasteiger partial charge in [0.15, 0.2) is 11.6 Å². The van der Waals surface area contributed by atoms with Crippen LogP contribution in [0.15, 0.2) is 18.5 Å². The van der Waals surface area contributed by atoms with Crippen LogP contribution in [0.3, 0.4) is 0 Å². The van der Waals surface area contributed by atoms with Gasteiger partial charge in [0.1, 0.15) is 12.4 Å². The minimum atomic E-state index is 0.360. The highest BCUT2D eigenvalue weighted by atomic mass is 16.5. The zero-order valence-corrected chi connectivity index (χ0v) is 12.0. The van der Waals surface area contributed by atoms with Crippen molar-refractivity contribution < 1.29 is 9.47 Å². The molecule has 2 aromatic heterocycles. The van der Waals surface area contributed by atoms with E-state index in [2.05, 4.69) is 20.4 Å². The third-order valence-electron chi connectivity index (χ3n) is 2.45. The van der Waals surface area contributed by atoms with Crippen LogP contribution in [0.1, 0.15) is 19.7 Å². The highest BCUT2D eigenvalue weighted by Crippen LogP contribution is 2.21. The number of nitrogens with one attached hydrogen (secondary N) is 1. The Balaban J connectivity index is 2.18. The second-order valence-corrected chi connectivity index (χ2v) is 4.13. The molecular weight excluding hydrogens is 258 g/mol. The second-order valence-electron chi connectivity index (χ2n) is 4.13. The lowest BCUT2D eigenvalue weighted by Gasteiger charge is -2.09. The maximum atomic E-state index is 5.68. The van der Waals surface area contributed by atoms with Crippen molar-refractivity contribution in [1.82, 2.24) is 19.7 Å². The van der Waals surface area contributed by atoms with Gasteiger partial charge in [-0.2, -0.15) is 10.1 Å². The van der Waals surface area contributed by atoms with Gasteiger partial charge in [-0.1, -0.05) is 0 Å². The zero-order valence-electron chi connectivity index (χ0n) is 12.0. The molecule has 0 unspecified atom stereocenters. The standard InChI is InChI=1S/C13H19N5O2/c1-4-14-11-6-13(17-12(16-11)9-19-5-2)20-10-7-15-18(3)8-10/h6-8H,4-5,9H2,1-3H3,(H,14,16,17). The van der Waals surface area contributed by atoms with Gasteiger partial charge in [0, 0.05) is 26.3 Å². The largest absolute Gasteiger partial charge is 0.436 e. The molecule has 0 fully saturated rings. The van der Waals surface area contributed by atoms with E-state index in [1.807, 2.05) is 20.9 Å². The van der Waals surface area contributed by atoms with E-state index >= 15 is 0 Å². The van der Waals surface area contributed by atoms with E-state index in [1.165, 1.54) is 0 Å². The van der Waals surface area contributed by atoms with Gasteiger partial charge in [0.25, 0.3) is 0 Å². The predicted octanol–water partition coefficient (Wildman–Crippen LogP) is 1.97. The summed E-state index contributed by atoms with van der Waals surface area (Å²) in [6.07, 6.45) is 3.41. The first-order chi connectivity index (χ1) is 9.71. The summed E-state index contributed by atoms with van der Waals surface area (Å²) >= 11 is 0. The van der Waals surface area contributed by atoms with Gasteiger partial charge < -0.3 is 14.8 Å². The first-order valence-corrected chi connectivity index (χ1v) is 6.57. The van der Waals surface area contributed by atoms with E-state index in [0.29, 0.717) is 30.7 Å². The van der Waals surface area contributed by atoms with Crippen molar-refractivity contribution in [1.29, 1.82) is 0 Å². The van der Waals surface area contributed by atoms with Gasteiger partial charge in [-0.15, -0.1) is 0 Å². The van der Waals surface area contributed by atoms with Crippen LogP contribution in [0, 0.1) is 0 Å². The molecule has 2 heterocycles. The quantitative estimate of drug-likeness (QED) is 0.834. The minimum Gasteiger partial charge on any atom is -0.436 e. The van der Waals surface area contributed by atoms with Crippen LogP contribution in [0.5, 0.6) is 11.6 Å². The molecule has 0 bridgehead atoms. The molecule has 0 saturated carbocycles. The van der Waals surface area contributed by atoms with Crippen molar-refractivity contribution in [3.63, 3.8) is 0 Å². The summed E-state index contributed by atoms with van der Waals surface area (Å²) in [6, 6.07) is 1.76. The second kappa shape index (κ2) is 6.85. The minimum absolute atomic E-state index is 0.360. The van der Waals surface area contributed by atoms with Crippen molar-refractivity contribution in [2.24, 2.45) is 7.05 Å². The molecule has 0 aromatic carbocycles. The van der Waals surface area contributed by atoms with Crippen LogP contribution in [-0.2, 0) is 18.4 Å². The summed E-state index contributed by atoms with van der Waals surface area (Å²) in [6.45, 7) is 5.69. The highest BCUT2D eigenvalue weighted by Gasteiger charge is 2.07. The fraction of sp³-hybridized carbons (Fsp3) is 0.462. The summed E-state index contributed by atoms with van der Waals surface area (Å²) in [5.41, 5.74) is 0. The Morgan fingerprint density at radius 3 is 2.80 bits per heavy atom. The average Bonchev–Trinajstić information content (AvgIpc) is 2.82. The molecule has 0 aliphatic rings. The molecule has 0 radical (unpaired) electrons. The maximum absolute atomic E-state index is 5.68. The Kier molecular flexibility index (Phi) is 4.89. The zero-order chi connectivity index (χ0) is 14.4. The molecule has 2 rings (SSSR count). The number of aryl methyl sites for hydroxylation is 1. The lowest BCUT2D eigenvalue weighted by Crippen LogP contribution is -2.06. The third-order valence-corrected chi connectivity index (χ3v) is 2.45. The van der Waals surface area contributed by atoms with Gasteiger partial charge in [-0.05, 0) is 13.8 Å². The van der Waals surface area contributed by atoms with Gasteiger partial charge in [0.2, 0.25) is 5.88 Å². The summed E-state index contributed by atoms with van der Waals surface area (Å²) in [5, 5.41) is 7.20. The van der Waals surface area contributed by atoms with E-state index in [9.17, 15) is 0 Å². The fourth-order valence-electron chi connectivity index (χ4n) is 1.63. The van der Waals surface area contributed by atoms with Crippen LogP contribution >= 0.6 is 0 Å². The molecule has 0 aliphatic heterocycles. The lowest BCUT2D eigenvalue weighted by molar-refractivity contribution is 0.128. The molecule has 0 aliphatic carbocycles. The predicted molar refractivity (Wildman–Crippen MR) is 74.8 cm³/mol. The molecule has 0 saturated heterocycles. The first kappa shape index (κ1) is 14.3. The number of rotatable bonds is 7. The Morgan fingerprint density at radius 2 is 2.15 bits per heavy atom. The highest BCUT2D eigenvalue weighted by molar-refractivity contribution is 5.39. The van der Waals surface area contributed by atoms with Gasteiger partial charge in [-0.3, -0.25) is 4.68 Å². The van der Waals surface area contributed by atoms with Crippen LogP contribution in [0.2, 0.25) is 0 Å². The summed E-state index contributed by atoms with van der Waals surface area (Å²) in [4.78, 5) is 8.68. The van der Waals surface area contributed by atoms with Gasteiger partial charge in [0.05, 0.1) is 12.4 Å². The molecule has 7 heteroatoms. The average molecular weight is 277 g/mol. The first-order valence-electron chi connectivity index (χ1n) is 6.57. The smallest absolute Gasteiger partial charge is 0.224 e. The van der Waals surface area contributed by atoms with E-state index in [1.54, 1.807) is 23.1 Å². The molecule has 108 valence electrons. The Bertz CT molecular complexity index is 555. The summed E-state index contributed by atoms with van der Waals surface area (Å²) in [5.74, 6) is 2.41. The topological polar surface area (TPSA) is 74.1 Å².